The van der Waals surface area contributed by atoms with Crippen molar-refractivity contribution in [2.45, 2.75) is 9.79 Å². The molecule has 3 rings (SSSR count). The molecule has 2 aromatic rings. The fraction of sp³-hybridized carbons (Fsp3) is 0.0588. The molecule has 0 saturated heterocycles. The molecule has 108 valence electrons. The van der Waals surface area contributed by atoms with Crippen LogP contribution in [0.3, 0.4) is 0 Å². The highest BCUT2D eigenvalue weighted by Gasteiger charge is 2.20. The number of nitrogens with two attached hydrogens (primary N) is 1. The smallest absolute Gasteiger partial charge is 0.259 e. The minimum atomic E-state index is -0.713. The highest BCUT2D eigenvalue weighted by atomic mass is 32.2. The van der Waals surface area contributed by atoms with Crippen molar-refractivity contribution in [2.24, 2.45) is 5.73 Å². The van der Waals surface area contributed by atoms with E-state index >= 15 is 0 Å². The van der Waals surface area contributed by atoms with Crippen LogP contribution in [0.15, 0.2) is 57.8 Å². The highest BCUT2D eigenvalue weighted by Crippen LogP contribution is 2.47. The first-order chi connectivity index (χ1) is 10.6. The van der Waals surface area contributed by atoms with Crippen molar-refractivity contribution >= 4 is 35.1 Å². The zero-order chi connectivity index (χ0) is 15.7. The third kappa shape index (κ3) is 2.45. The van der Waals surface area contributed by atoms with Gasteiger partial charge in [0.15, 0.2) is 0 Å². The second-order valence-electron chi connectivity index (χ2n) is 4.89. The molecule has 2 N–H and O–H groups in total. The van der Waals surface area contributed by atoms with E-state index in [1.54, 1.807) is 11.8 Å². The van der Waals surface area contributed by atoms with Gasteiger partial charge in [-0.05, 0) is 35.9 Å². The van der Waals surface area contributed by atoms with Gasteiger partial charge in [-0.2, -0.15) is 5.26 Å². The Morgan fingerprint density at radius 1 is 1.23 bits per heavy atom. The number of nitrogens with zero attached hydrogens (tertiary/aromatic N) is 2. The molecule has 0 aliphatic carbocycles. The maximum absolute atomic E-state index is 11.2. The van der Waals surface area contributed by atoms with Crippen molar-refractivity contribution in [2.75, 3.05) is 11.9 Å². The number of benzene rings is 2. The van der Waals surface area contributed by atoms with E-state index in [0.29, 0.717) is 0 Å². The van der Waals surface area contributed by atoms with Crippen LogP contribution in [0.25, 0.3) is 6.08 Å². The summed E-state index contributed by atoms with van der Waals surface area (Å²) in [5.74, 6) is -0.713. The number of hydrogen-bond acceptors (Lipinski definition) is 4. The first kappa shape index (κ1) is 14.2. The SMILES string of the molecule is CN1c2ccccc2Sc2cc(/C=C(\C#N)C(N)=O)ccc21. The second kappa shape index (κ2) is 5.58. The zero-order valence-electron chi connectivity index (χ0n) is 11.9. The number of nitriles is 1. The predicted molar refractivity (Wildman–Crippen MR) is 87.9 cm³/mol. The number of amides is 1. The Morgan fingerprint density at radius 3 is 2.68 bits per heavy atom. The molecule has 2 aromatic carbocycles. The molecule has 4 nitrogen and oxygen atoms in total. The van der Waals surface area contributed by atoms with Crippen LogP contribution in [0.5, 0.6) is 0 Å². The first-order valence-electron chi connectivity index (χ1n) is 6.66. The van der Waals surface area contributed by atoms with E-state index < -0.39 is 5.91 Å². The molecule has 1 heterocycles. The van der Waals surface area contributed by atoms with Gasteiger partial charge in [0.2, 0.25) is 0 Å². The van der Waals surface area contributed by atoms with Crippen LogP contribution in [0.4, 0.5) is 11.4 Å². The van der Waals surface area contributed by atoms with Gasteiger partial charge in [-0.25, -0.2) is 0 Å². The molecule has 1 amide bonds. The molecule has 0 fully saturated rings. The van der Waals surface area contributed by atoms with Gasteiger partial charge in [-0.15, -0.1) is 0 Å². The summed E-state index contributed by atoms with van der Waals surface area (Å²) in [6.07, 6.45) is 1.52. The minimum absolute atomic E-state index is 0.0467. The van der Waals surface area contributed by atoms with E-state index in [0.717, 1.165) is 21.8 Å². The molecule has 22 heavy (non-hydrogen) atoms. The maximum Gasteiger partial charge on any atom is 0.259 e. The Bertz CT molecular complexity index is 836. The summed E-state index contributed by atoms with van der Waals surface area (Å²) in [5.41, 5.74) is 8.18. The van der Waals surface area contributed by atoms with Crippen LogP contribution in [0.2, 0.25) is 0 Å². The van der Waals surface area contributed by atoms with Gasteiger partial charge in [0.05, 0.1) is 11.4 Å². The van der Waals surface area contributed by atoms with Crippen LogP contribution >= 0.6 is 11.8 Å². The van der Waals surface area contributed by atoms with E-state index in [1.165, 1.54) is 11.0 Å². The van der Waals surface area contributed by atoms with Gasteiger partial charge in [0, 0.05) is 16.8 Å². The third-order valence-corrected chi connectivity index (χ3v) is 4.60. The monoisotopic (exact) mass is 307 g/mol. The normalized spacial score (nSPS) is 13.1. The van der Waals surface area contributed by atoms with Crippen molar-refractivity contribution in [3.63, 3.8) is 0 Å². The van der Waals surface area contributed by atoms with Gasteiger partial charge in [0.25, 0.3) is 5.91 Å². The summed E-state index contributed by atoms with van der Waals surface area (Å²) >= 11 is 1.67. The lowest BCUT2D eigenvalue weighted by Crippen LogP contribution is -2.14. The third-order valence-electron chi connectivity index (χ3n) is 3.49. The number of carbonyl (C=O) groups excluding carboxylic acids is 1. The first-order valence-corrected chi connectivity index (χ1v) is 7.48. The van der Waals surface area contributed by atoms with Crippen molar-refractivity contribution in [1.82, 2.24) is 0 Å². The standard InChI is InChI=1S/C17H13N3OS/c1-20-13-4-2-3-5-15(13)22-16-9-11(6-7-14(16)20)8-12(10-18)17(19)21/h2-9H,1H3,(H2,19,21)/b12-8+. The molecule has 0 atom stereocenters. The molecule has 0 saturated carbocycles. The van der Waals surface area contributed by atoms with Gasteiger partial charge < -0.3 is 10.6 Å². The van der Waals surface area contributed by atoms with Crippen LogP contribution in [0, 0.1) is 11.3 Å². The highest BCUT2D eigenvalue weighted by molar-refractivity contribution is 7.99. The number of rotatable bonds is 2. The molecule has 0 bridgehead atoms. The molecule has 0 unspecified atom stereocenters. The quantitative estimate of drug-likeness (QED) is 0.682. The minimum Gasteiger partial charge on any atom is -0.365 e. The largest absolute Gasteiger partial charge is 0.365 e. The summed E-state index contributed by atoms with van der Waals surface area (Å²) in [5, 5.41) is 8.94. The number of hydrogen-bond donors (Lipinski definition) is 1. The van der Waals surface area contributed by atoms with E-state index in [9.17, 15) is 4.79 Å². The van der Waals surface area contributed by atoms with Crippen molar-refractivity contribution in [3.8, 4) is 6.07 Å². The summed E-state index contributed by atoms with van der Waals surface area (Å²) in [4.78, 5) is 15.5. The molecule has 0 radical (unpaired) electrons. The Labute approximate surface area is 132 Å². The number of fused-ring (bicyclic) bond motifs is 2. The van der Waals surface area contributed by atoms with Crippen LogP contribution < -0.4 is 10.6 Å². The van der Waals surface area contributed by atoms with Crippen LogP contribution in [-0.2, 0) is 4.79 Å². The average Bonchev–Trinajstić information content (AvgIpc) is 2.52. The number of para-hydroxylation sites is 1. The molecule has 0 spiro atoms. The van der Waals surface area contributed by atoms with E-state index in [2.05, 4.69) is 17.0 Å². The van der Waals surface area contributed by atoms with Gasteiger partial charge >= 0.3 is 0 Å². The van der Waals surface area contributed by atoms with Crippen molar-refractivity contribution in [1.29, 1.82) is 5.26 Å². The van der Waals surface area contributed by atoms with Gasteiger partial charge in [-0.3, -0.25) is 4.79 Å². The van der Waals surface area contributed by atoms with Crippen molar-refractivity contribution in [3.05, 3.63) is 53.6 Å². The Kier molecular flexibility index (Phi) is 3.61. The molecule has 1 aliphatic rings. The van der Waals surface area contributed by atoms with Crippen LogP contribution in [-0.4, -0.2) is 13.0 Å². The fourth-order valence-corrected chi connectivity index (χ4v) is 3.57. The Hall–Kier alpha value is -2.71. The summed E-state index contributed by atoms with van der Waals surface area (Å²) < 4.78 is 0. The fourth-order valence-electron chi connectivity index (χ4n) is 2.37. The lowest BCUT2D eigenvalue weighted by Gasteiger charge is -2.29. The lowest BCUT2D eigenvalue weighted by atomic mass is 10.1. The van der Waals surface area contributed by atoms with E-state index in [4.69, 9.17) is 11.0 Å². The Balaban J connectivity index is 2.04. The van der Waals surface area contributed by atoms with Crippen LogP contribution in [0.1, 0.15) is 5.56 Å². The number of carbonyl (C=O) groups is 1. The summed E-state index contributed by atoms with van der Waals surface area (Å²) in [6.45, 7) is 0. The lowest BCUT2D eigenvalue weighted by molar-refractivity contribution is -0.114. The second-order valence-corrected chi connectivity index (χ2v) is 5.97. The summed E-state index contributed by atoms with van der Waals surface area (Å²) in [6, 6.07) is 15.8. The molecule has 1 aliphatic heterocycles. The zero-order valence-corrected chi connectivity index (χ0v) is 12.7. The molecule has 5 heteroatoms. The van der Waals surface area contributed by atoms with E-state index in [1.807, 2.05) is 43.4 Å². The topological polar surface area (TPSA) is 70.1 Å². The summed E-state index contributed by atoms with van der Waals surface area (Å²) in [7, 11) is 2.02. The average molecular weight is 307 g/mol. The van der Waals surface area contributed by atoms with Crippen molar-refractivity contribution < 1.29 is 4.79 Å². The number of primary amides is 1. The molecular weight excluding hydrogens is 294 g/mol. The Morgan fingerprint density at radius 2 is 1.95 bits per heavy atom. The maximum atomic E-state index is 11.2. The predicted octanol–water partition coefficient (Wildman–Crippen LogP) is 3.31. The van der Waals surface area contributed by atoms with Gasteiger partial charge in [-0.1, -0.05) is 30.0 Å². The number of anilines is 2. The molecule has 0 aromatic heterocycles. The van der Waals surface area contributed by atoms with Gasteiger partial charge in [0.1, 0.15) is 11.6 Å². The van der Waals surface area contributed by atoms with E-state index in [-0.39, 0.29) is 5.57 Å². The molecular formula is C17H13N3OS.